The third-order valence-corrected chi connectivity index (χ3v) is 2.59. The van der Waals surface area contributed by atoms with Crippen molar-refractivity contribution in [2.75, 3.05) is 20.3 Å². The van der Waals surface area contributed by atoms with Gasteiger partial charge in [-0.25, -0.2) is 0 Å². The van der Waals surface area contributed by atoms with E-state index in [4.69, 9.17) is 16.3 Å². The summed E-state index contributed by atoms with van der Waals surface area (Å²) in [6.45, 7) is 2.88. The number of pyridine rings is 1. The van der Waals surface area contributed by atoms with Crippen molar-refractivity contribution in [1.82, 2.24) is 10.3 Å². The van der Waals surface area contributed by atoms with Gasteiger partial charge in [-0.15, -0.1) is 11.6 Å². The van der Waals surface area contributed by atoms with E-state index in [2.05, 4.69) is 10.3 Å². The van der Waals surface area contributed by atoms with Crippen molar-refractivity contribution in [2.24, 2.45) is 0 Å². The van der Waals surface area contributed by atoms with Crippen LogP contribution in [0.25, 0.3) is 0 Å². The lowest BCUT2D eigenvalue weighted by atomic mass is 10.2. The number of halogens is 1. The van der Waals surface area contributed by atoms with Crippen LogP contribution in [-0.4, -0.2) is 36.5 Å². The highest BCUT2D eigenvalue weighted by Gasteiger charge is 2.07. The Kier molecular flexibility index (Phi) is 5.94. The first-order chi connectivity index (χ1) is 8.13. The Bertz CT molecular complexity index is 371. The van der Waals surface area contributed by atoms with E-state index in [9.17, 15) is 4.79 Å². The standard InChI is InChI=1S/C12H17ClN2O2/c1-9-7-10(3-5-14-9)12(16)15-6-4-11(13)8-17-2/h3,5,7,11H,4,6,8H2,1-2H3,(H,15,16). The summed E-state index contributed by atoms with van der Waals surface area (Å²) < 4.78 is 4.91. The molecule has 1 atom stereocenters. The number of carbonyl (C=O) groups is 1. The Hall–Kier alpha value is -1.13. The molecule has 4 nitrogen and oxygen atoms in total. The summed E-state index contributed by atoms with van der Waals surface area (Å²) in [6.07, 6.45) is 2.31. The van der Waals surface area contributed by atoms with Crippen molar-refractivity contribution >= 4 is 17.5 Å². The van der Waals surface area contributed by atoms with Crippen LogP contribution < -0.4 is 5.32 Å². The van der Waals surface area contributed by atoms with Gasteiger partial charge in [-0.2, -0.15) is 0 Å². The van der Waals surface area contributed by atoms with Crippen molar-refractivity contribution in [3.8, 4) is 0 Å². The van der Waals surface area contributed by atoms with Crippen LogP contribution in [-0.2, 0) is 4.74 Å². The number of carbonyl (C=O) groups excluding carboxylic acids is 1. The molecule has 1 rings (SSSR count). The molecule has 1 N–H and O–H groups in total. The summed E-state index contributed by atoms with van der Waals surface area (Å²) in [4.78, 5) is 15.8. The molecule has 0 saturated carbocycles. The van der Waals surface area contributed by atoms with Crippen LogP contribution >= 0.6 is 11.6 Å². The average Bonchev–Trinajstić information content (AvgIpc) is 2.29. The van der Waals surface area contributed by atoms with Gasteiger partial charge in [0.25, 0.3) is 5.91 Å². The van der Waals surface area contributed by atoms with Crippen LogP contribution in [0.15, 0.2) is 18.3 Å². The van der Waals surface area contributed by atoms with Crippen LogP contribution in [0, 0.1) is 6.92 Å². The van der Waals surface area contributed by atoms with Crippen molar-refractivity contribution < 1.29 is 9.53 Å². The molecule has 1 unspecified atom stereocenters. The van der Waals surface area contributed by atoms with Crippen LogP contribution in [0.1, 0.15) is 22.5 Å². The highest BCUT2D eigenvalue weighted by molar-refractivity contribution is 6.20. The van der Waals surface area contributed by atoms with E-state index >= 15 is 0 Å². The third-order valence-electron chi connectivity index (χ3n) is 2.25. The number of aromatic nitrogens is 1. The quantitative estimate of drug-likeness (QED) is 0.789. The highest BCUT2D eigenvalue weighted by Crippen LogP contribution is 2.03. The minimum absolute atomic E-state index is 0.0699. The number of methoxy groups -OCH3 is 1. The molecule has 1 aromatic rings. The van der Waals surface area contributed by atoms with Crippen LogP contribution in [0.2, 0.25) is 0 Å². The summed E-state index contributed by atoms with van der Waals surface area (Å²) in [5.41, 5.74) is 1.45. The lowest BCUT2D eigenvalue weighted by Crippen LogP contribution is -2.27. The second kappa shape index (κ2) is 7.25. The fraction of sp³-hybridized carbons (Fsp3) is 0.500. The number of ether oxygens (including phenoxy) is 1. The van der Waals surface area contributed by atoms with Crippen LogP contribution in [0.3, 0.4) is 0 Å². The zero-order chi connectivity index (χ0) is 12.7. The van der Waals surface area contributed by atoms with Gasteiger partial charge < -0.3 is 10.1 Å². The number of amides is 1. The Morgan fingerprint density at radius 2 is 2.41 bits per heavy atom. The first-order valence-corrected chi connectivity index (χ1v) is 5.91. The van der Waals surface area contributed by atoms with Gasteiger partial charge in [0.1, 0.15) is 0 Å². The summed E-state index contributed by atoms with van der Waals surface area (Å²) >= 11 is 5.95. The number of alkyl halides is 1. The van der Waals surface area contributed by atoms with E-state index < -0.39 is 0 Å². The number of hydrogen-bond acceptors (Lipinski definition) is 3. The molecule has 1 heterocycles. The van der Waals surface area contributed by atoms with E-state index in [0.29, 0.717) is 25.1 Å². The molecule has 94 valence electrons. The molecule has 0 radical (unpaired) electrons. The fourth-order valence-corrected chi connectivity index (χ4v) is 1.63. The molecule has 0 aromatic carbocycles. The van der Waals surface area contributed by atoms with Gasteiger partial charge in [0.05, 0.1) is 12.0 Å². The maximum Gasteiger partial charge on any atom is 0.251 e. The number of nitrogens with one attached hydrogen (secondary N) is 1. The maximum absolute atomic E-state index is 11.7. The smallest absolute Gasteiger partial charge is 0.251 e. The monoisotopic (exact) mass is 256 g/mol. The molecule has 0 aliphatic heterocycles. The number of aryl methyl sites for hydroxylation is 1. The molecule has 1 amide bonds. The Morgan fingerprint density at radius 3 is 3.06 bits per heavy atom. The number of nitrogens with zero attached hydrogens (tertiary/aromatic N) is 1. The molecule has 0 saturated heterocycles. The molecule has 0 aliphatic carbocycles. The molecule has 0 spiro atoms. The molecular weight excluding hydrogens is 240 g/mol. The van der Waals surface area contributed by atoms with Gasteiger partial charge in [0, 0.05) is 31.1 Å². The van der Waals surface area contributed by atoms with E-state index in [1.54, 1.807) is 25.4 Å². The molecule has 17 heavy (non-hydrogen) atoms. The van der Waals surface area contributed by atoms with Crippen molar-refractivity contribution in [2.45, 2.75) is 18.7 Å². The van der Waals surface area contributed by atoms with Gasteiger partial charge in [-0.05, 0) is 25.5 Å². The summed E-state index contributed by atoms with van der Waals surface area (Å²) in [7, 11) is 1.60. The van der Waals surface area contributed by atoms with Gasteiger partial charge in [0.2, 0.25) is 0 Å². The summed E-state index contributed by atoms with van der Waals surface area (Å²) in [6, 6.07) is 3.44. The molecule has 0 bridgehead atoms. The summed E-state index contributed by atoms with van der Waals surface area (Å²) in [5.74, 6) is -0.100. The average molecular weight is 257 g/mol. The summed E-state index contributed by atoms with van der Waals surface area (Å²) in [5, 5.41) is 2.74. The lowest BCUT2D eigenvalue weighted by Gasteiger charge is -2.09. The van der Waals surface area contributed by atoms with Gasteiger partial charge >= 0.3 is 0 Å². The topological polar surface area (TPSA) is 51.2 Å². The SMILES string of the molecule is COCC(Cl)CCNC(=O)c1ccnc(C)c1. The molecule has 0 aliphatic rings. The van der Waals surface area contributed by atoms with Gasteiger partial charge in [0.15, 0.2) is 0 Å². The van der Waals surface area contributed by atoms with Crippen molar-refractivity contribution in [1.29, 1.82) is 0 Å². The fourth-order valence-electron chi connectivity index (χ4n) is 1.40. The Labute approximate surface area is 106 Å². The second-order valence-electron chi connectivity index (χ2n) is 3.78. The van der Waals surface area contributed by atoms with Crippen molar-refractivity contribution in [3.05, 3.63) is 29.6 Å². The molecule has 0 fully saturated rings. The largest absolute Gasteiger partial charge is 0.383 e. The van der Waals surface area contributed by atoms with Crippen LogP contribution in [0.5, 0.6) is 0 Å². The lowest BCUT2D eigenvalue weighted by molar-refractivity contribution is 0.0951. The Balaban J connectivity index is 2.35. The normalized spacial score (nSPS) is 12.2. The number of rotatable bonds is 6. The van der Waals surface area contributed by atoms with E-state index in [1.807, 2.05) is 6.92 Å². The third kappa shape index (κ3) is 5.15. The predicted molar refractivity (Wildman–Crippen MR) is 67.4 cm³/mol. The Morgan fingerprint density at radius 1 is 1.65 bits per heavy atom. The first kappa shape index (κ1) is 13.9. The highest BCUT2D eigenvalue weighted by atomic mass is 35.5. The van der Waals surface area contributed by atoms with Crippen molar-refractivity contribution in [3.63, 3.8) is 0 Å². The van der Waals surface area contributed by atoms with Gasteiger partial charge in [-0.3, -0.25) is 9.78 Å². The van der Waals surface area contributed by atoms with E-state index in [-0.39, 0.29) is 11.3 Å². The number of hydrogen-bond donors (Lipinski definition) is 1. The van der Waals surface area contributed by atoms with Crippen LogP contribution in [0.4, 0.5) is 0 Å². The molecule has 5 heteroatoms. The zero-order valence-corrected chi connectivity index (χ0v) is 10.8. The minimum atomic E-state index is -0.100. The van der Waals surface area contributed by atoms with Gasteiger partial charge in [-0.1, -0.05) is 0 Å². The molecular formula is C12H17ClN2O2. The zero-order valence-electron chi connectivity index (χ0n) is 10.1. The van der Waals surface area contributed by atoms with E-state index in [1.165, 1.54) is 0 Å². The predicted octanol–water partition coefficient (Wildman–Crippen LogP) is 1.76. The molecule has 1 aromatic heterocycles. The minimum Gasteiger partial charge on any atom is -0.383 e. The first-order valence-electron chi connectivity index (χ1n) is 5.47. The maximum atomic E-state index is 11.7. The second-order valence-corrected chi connectivity index (χ2v) is 4.40. The van der Waals surface area contributed by atoms with E-state index in [0.717, 1.165) is 5.69 Å².